The van der Waals surface area contributed by atoms with Gasteiger partial charge in [0.05, 0.1) is 19.8 Å². The number of methoxy groups -OCH3 is 1. The first-order valence-electron chi connectivity index (χ1n) is 11.3. The number of hydrogen-bond donors (Lipinski definition) is 1. The Kier molecular flexibility index (Phi) is 7.64. The molecule has 0 amide bonds. The summed E-state index contributed by atoms with van der Waals surface area (Å²) in [4.78, 5) is 2.51. The molecule has 5 heteroatoms. The fourth-order valence-corrected chi connectivity index (χ4v) is 4.18. The maximum Gasteiger partial charge on any atom is 0.161 e. The molecule has 0 aliphatic carbocycles. The number of ether oxygens (including phenoxy) is 3. The molecule has 0 bridgehead atoms. The van der Waals surface area contributed by atoms with Crippen LogP contribution in [0.5, 0.6) is 17.2 Å². The third-order valence-electron chi connectivity index (χ3n) is 5.75. The predicted octanol–water partition coefficient (Wildman–Crippen LogP) is 4.67. The second kappa shape index (κ2) is 11.0. The average Bonchev–Trinajstić information content (AvgIpc) is 2.85. The van der Waals surface area contributed by atoms with Crippen molar-refractivity contribution < 1.29 is 14.2 Å². The first-order chi connectivity index (χ1) is 15.8. The molecule has 1 saturated heterocycles. The number of rotatable bonds is 9. The van der Waals surface area contributed by atoms with Crippen molar-refractivity contribution in [3.8, 4) is 17.2 Å². The SMILES string of the molecule is CCOc1cc(C(c2cccc(OC)c2)N2CCNCC2)ccc1OCc1ccccc1. The van der Waals surface area contributed by atoms with E-state index in [1.807, 2.05) is 37.3 Å². The standard InChI is InChI=1S/C27H32N2O3/c1-3-31-26-19-23(12-13-25(26)32-20-21-8-5-4-6-9-21)27(29-16-14-28-15-17-29)22-10-7-11-24(18-22)30-2/h4-13,18-19,27-28H,3,14-17,20H2,1-2H3. The minimum atomic E-state index is 0.120. The third kappa shape index (κ3) is 5.42. The molecule has 1 aliphatic rings. The van der Waals surface area contributed by atoms with Crippen molar-refractivity contribution in [3.05, 3.63) is 89.5 Å². The largest absolute Gasteiger partial charge is 0.497 e. The minimum absolute atomic E-state index is 0.120. The highest BCUT2D eigenvalue weighted by molar-refractivity contribution is 5.47. The van der Waals surface area contributed by atoms with Crippen LogP contribution in [0.2, 0.25) is 0 Å². The first kappa shape index (κ1) is 22.2. The predicted molar refractivity (Wildman–Crippen MR) is 128 cm³/mol. The van der Waals surface area contributed by atoms with E-state index >= 15 is 0 Å². The Morgan fingerprint density at radius 3 is 2.38 bits per heavy atom. The molecule has 1 heterocycles. The molecule has 3 aromatic carbocycles. The van der Waals surface area contributed by atoms with Crippen LogP contribution in [0.3, 0.4) is 0 Å². The van der Waals surface area contributed by atoms with E-state index in [-0.39, 0.29) is 6.04 Å². The van der Waals surface area contributed by atoms with Crippen LogP contribution in [0, 0.1) is 0 Å². The van der Waals surface area contributed by atoms with Crippen molar-refractivity contribution in [2.24, 2.45) is 0 Å². The fraction of sp³-hybridized carbons (Fsp3) is 0.333. The van der Waals surface area contributed by atoms with Gasteiger partial charge in [-0.3, -0.25) is 4.90 Å². The van der Waals surface area contributed by atoms with E-state index in [4.69, 9.17) is 14.2 Å². The lowest BCUT2D eigenvalue weighted by molar-refractivity contribution is 0.197. The van der Waals surface area contributed by atoms with Gasteiger partial charge in [-0.1, -0.05) is 48.5 Å². The monoisotopic (exact) mass is 432 g/mol. The van der Waals surface area contributed by atoms with Gasteiger partial charge < -0.3 is 19.5 Å². The Balaban J connectivity index is 1.65. The van der Waals surface area contributed by atoms with Crippen LogP contribution in [0.4, 0.5) is 0 Å². The van der Waals surface area contributed by atoms with Crippen molar-refractivity contribution in [1.29, 1.82) is 0 Å². The highest BCUT2D eigenvalue weighted by Gasteiger charge is 2.25. The molecule has 1 fully saturated rings. The molecule has 3 aromatic rings. The average molecular weight is 433 g/mol. The van der Waals surface area contributed by atoms with Crippen LogP contribution in [-0.4, -0.2) is 44.8 Å². The number of piperazine rings is 1. The summed E-state index contributed by atoms with van der Waals surface area (Å²) in [7, 11) is 1.71. The van der Waals surface area contributed by atoms with Crippen LogP contribution in [-0.2, 0) is 6.61 Å². The lowest BCUT2D eigenvalue weighted by atomic mass is 9.95. The second-order valence-corrected chi connectivity index (χ2v) is 7.88. The summed E-state index contributed by atoms with van der Waals surface area (Å²) in [6, 6.07) is 25.0. The van der Waals surface area contributed by atoms with Crippen LogP contribution >= 0.6 is 0 Å². The van der Waals surface area contributed by atoms with E-state index in [2.05, 4.69) is 52.7 Å². The summed E-state index contributed by atoms with van der Waals surface area (Å²) in [6.07, 6.45) is 0. The van der Waals surface area contributed by atoms with E-state index in [1.54, 1.807) is 7.11 Å². The van der Waals surface area contributed by atoms with Crippen LogP contribution in [0.25, 0.3) is 0 Å². The zero-order valence-corrected chi connectivity index (χ0v) is 18.9. The molecule has 1 unspecified atom stereocenters. The third-order valence-corrected chi connectivity index (χ3v) is 5.75. The Morgan fingerprint density at radius 1 is 0.844 bits per heavy atom. The Morgan fingerprint density at radius 2 is 1.62 bits per heavy atom. The van der Waals surface area contributed by atoms with E-state index in [9.17, 15) is 0 Å². The van der Waals surface area contributed by atoms with Crippen molar-refractivity contribution >= 4 is 0 Å². The van der Waals surface area contributed by atoms with Gasteiger partial charge in [0.1, 0.15) is 12.4 Å². The van der Waals surface area contributed by atoms with E-state index in [1.165, 1.54) is 11.1 Å². The van der Waals surface area contributed by atoms with Crippen molar-refractivity contribution in [1.82, 2.24) is 10.2 Å². The molecule has 1 aliphatic heterocycles. The molecular weight excluding hydrogens is 400 g/mol. The van der Waals surface area contributed by atoms with Crippen LogP contribution in [0.1, 0.15) is 29.7 Å². The van der Waals surface area contributed by atoms with Crippen LogP contribution in [0.15, 0.2) is 72.8 Å². The van der Waals surface area contributed by atoms with Gasteiger partial charge in [0.2, 0.25) is 0 Å². The molecule has 4 rings (SSSR count). The second-order valence-electron chi connectivity index (χ2n) is 7.88. The summed E-state index contributed by atoms with van der Waals surface area (Å²) in [6.45, 7) is 7.04. The van der Waals surface area contributed by atoms with Gasteiger partial charge in [-0.05, 0) is 47.9 Å². The molecule has 0 radical (unpaired) electrons. The zero-order valence-electron chi connectivity index (χ0n) is 18.9. The van der Waals surface area contributed by atoms with Gasteiger partial charge in [0, 0.05) is 26.2 Å². The first-order valence-corrected chi connectivity index (χ1v) is 11.3. The molecule has 0 saturated carbocycles. The molecule has 0 aromatic heterocycles. The number of benzene rings is 3. The molecular formula is C27H32N2O3. The maximum absolute atomic E-state index is 6.13. The van der Waals surface area contributed by atoms with Crippen LogP contribution < -0.4 is 19.5 Å². The fourth-order valence-electron chi connectivity index (χ4n) is 4.18. The molecule has 5 nitrogen and oxygen atoms in total. The summed E-state index contributed by atoms with van der Waals surface area (Å²) < 4.78 is 17.6. The van der Waals surface area contributed by atoms with Crippen molar-refractivity contribution in [2.75, 3.05) is 39.9 Å². The molecule has 1 atom stereocenters. The highest BCUT2D eigenvalue weighted by atomic mass is 16.5. The van der Waals surface area contributed by atoms with Gasteiger partial charge in [-0.25, -0.2) is 0 Å². The lowest BCUT2D eigenvalue weighted by Gasteiger charge is -2.36. The highest BCUT2D eigenvalue weighted by Crippen LogP contribution is 2.37. The number of nitrogens with zero attached hydrogens (tertiary/aromatic N) is 1. The topological polar surface area (TPSA) is 43.0 Å². The summed E-state index contributed by atoms with van der Waals surface area (Å²) >= 11 is 0. The summed E-state index contributed by atoms with van der Waals surface area (Å²) in [5.74, 6) is 2.42. The summed E-state index contributed by atoms with van der Waals surface area (Å²) in [5, 5.41) is 3.46. The van der Waals surface area contributed by atoms with Gasteiger partial charge in [-0.2, -0.15) is 0 Å². The van der Waals surface area contributed by atoms with E-state index in [0.29, 0.717) is 13.2 Å². The number of hydrogen-bond acceptors (Lipinski definition) is 5. The Hall–Kier alpha value is -3.02. The van der Waals surface area contributed by atoms with Gasteiger partial charge in [0.15, 0.2) is 11.5 Å². The van der Waals surface area contributed by atoms with Crippen molar-refractivity contribution in [2.45, 2.75) is 19.6 Å². The normalized spacial score (nSPS) is 15.2. The zero-order chi connectivity index (χ0) is 22.2. The summed E-state index contributed by atoms with van der Waals surface area (Å²) in [5.41, 5.74) is 3.54. The minimum Gasteiger partial charge on any atom is -0.497 e. The number of nitrogens with one attached hydrogen (secondary N) is 1. The van der Waals surface area contributed by atoms with E-state index < -0.39 is 0 Å². The van der Waals surface area contributed by atoms with E-state index in [0.717, 1.165) is 49.0 Å². The molecule has 168 valence electrons. The molecule has 1 N–H and O–H groups in total. The van der Waals surface area contributed by atoms with Crippen molar-refractivity contribution in [3.63, 3.8) is 0 Å². The Bertz CT molecular complexity index is 987. The quantitative estimate of drug-likeness (QED) is 0.532. The van der Waals surface area contributed by atoms with Gasteiger partial charge >= 0.3 is 0 Å². The Labute approximate surface area is 190 Å². The smallest absolute Gasteiger partial charge is 0.161 e. The molecule has 32 heavy (non-hydrogen) atoms. The van der Waals surface area contributed by atoms with Gasteiger partial charge in [-0.15, -0.1) is 0 Å². The molecule has 0 spiro atoms. The van der Waals surface area contributed by atoms with Gasteiger partial charge in [0.25, 0.3) is 0 Å². The lowest BCUT2D eigenvalue weighted by Crippen LogP contribution is -2.45. The maximum atomic E-state index is 6.13.